The zero-order valence-electron chi connectivity index (χ0n) is 16.9. The van der Waals surface area contributed by atoms with Crippen molar-refractivity contribution < 1.29 is 19.1 Å². The van der Waals surface area contributed by atoms with Gasteiger partial charge in [-0.2, -0.15) is 0 Å². The van der Waals surface area contributed by atoms with Crippen LogP contribution in [0.25, 0.3) is 11.0 Å². The van der Waals surface area contributed by atoms with Gasteiger partial charge in [-0.05, 0) is 76.1 Å². The van der Waals surface area contributed by atoms with Crippen LogP contribution in [0.4, 0.5) is 5.69 Å². The number of fused-ring (bicyclic) bond motifs is 2. The molecular weight excluding hydrogens is 622 g/mol. The van der Waals surface area contributed by atoms with Gasteiger partial charge < -0.3 is 14.3 Å². The molecule has 6 nitrogen and oxygen atoms in total. The van der Waals surface area contributed by atoms with Crippen LogP contribution in [0, 0.1) is 0 Å². The fourth-order valence-electron chi connectivity index (χ4n) is 4.04. The van der Waals surface area contributed by atoms with Crippen molar-refractivity contribution in [3.8, 4) is 11.5 Å². The van der Waals surface area contributed by atoms with Crippen LogP contribution in [-0.2, 0) is 0 Å². The summed E-state index contributed by atoms with van der Waals surface area (Å²) in [7, 11) is 1.44. The summed E-state index contributed by atoms with van der Waals surface area (Å²) in [5.41, 5.74) is 1.43. The van der Waals surface area contributed by atoms with E-state index in [0.29, 0.717) is 26.7 Å². The number of carbonyl (C=O) groups is 1. The smallest absolute Gasteiger partial charge is 0.295 e. The van der Waals surface area contributed by atoms with Gasteiger partial charge in [-0.25, -0.2) is 0 Å². The lowest BCUT2D eigenvalue weighted by molar-refractivity contribution is 0.0971. The molecule has 1 aliphatic rings. The number of hydrogen-bond acceptors (Lipinski definition) is 5. The first-order valence-electron chi connectivity index (χ1n) is 9.72. The Balaban J connectivity index is 1.84. The third kappa shape index (κ3) is 3.59. The molecule has 33 heavy (non-hydrogen) atoms. The number of methoxy groups -OCH3 is 1. The van der Waals surface area contributed by atoms with E-state index in [9.17, 15) is 14.7 Å². The van der Waals surface area contributed by atoms with Crippen LogP contribution >= 0.6 is 47.8 Å². The molecule has 0 saturated heterocycles. The first-order valence-corrected chi connectivity index (χ1v) is 12.1. The molecule has 166 valence electrons. The fraction of sp³-hybridized carbons (Fsp3) is 0.0833. The average Bonchev–Trinajstić information content (AvgIpc) is 3.09. The van der Waals surface area contributed by atoms with Gasteiger partial charge in [-0.1, -0.05) is 31.9 Å². The second kappa shape index (κ2) is 8.30. The molecule has 0 radical (unpaired) electrons. The van der Waals surface area contributed by atoms with E-state index in [4.69, 9.17) is 9.15 Å². The monoisotopic (exact) mass is 633 g/mol. The lowest BCUT2D eigenvalue weighted by Crippen LogP contribution is -2.29. The highest BCUT2D eigenvalue weighted by Gasteiger charge is 2.44. The standard InChI is InChI=1S/C24H14Br3NO5/c1-32-18-9-11(8-16(27)22(18)30)20-19-21(29)15-10-13(26)4-7-17(15)33-23(19)24(31)28(20)14-5-2-12(25)3-6-14/h2-10,20,30H,1H3. The summed E-state index contributed by atoms with van der Waals surface area (Å²) < 4.78 is 13.2. The first-order chi connectivity index (χ1) is 15.8. The largest absolute Gasteiger partial charge is 0.503 e. The van der Waals surface area contributed by atoms with Gasteiger partial charge in [0, 0.05) is 14.6 Å². The van der Waals surface area contributed by atoms with Gasteiger partial charge in [0.2, 0.25) is 5.76 Å². The number of phenolic OH excluding ortho intramolecular Hbond substituents is 1. The molecule has 1 aromatic heterocycles. The molecule has 4 aromatic rings. The number of carbonyl (C=O) groups excluding carboxylic acids is 1. The normalized spacial score (nSPS) is 15.2. The molecule has 0 saturated carbocycles. The first kappa shape index (κ1) is 22.2. The Morgan fingerprint density at radius 2 is 1.67 bits per heavy atom. The maximum absolute atomic E-state index is 13.7. The quantitative estimate of drug-likeness (QED) is 0.276. The summed E-state index contributed by atoms with van der Waals surface area (Å²) >= 11 is 10.2. The van der Waals surface area contributed by atoms with E-state index in [0.717, 1.165) is 8.95 Å². The van der Waals surface area contributed by atoms with Crippen LogP contribution in [0.1, 0.15) is 27.7 Å². The maximum Gasteiger partial charge on any atom is 0.295 e. The van der Waals surface area contributed by atoms with Gasteiger partial charge >= 0.3 is 0 Å². The van der Waals surface area contributed by atoms with Crippen molar-refractivity contribution in [3.05, 3.63) is 95.1 Å². The molecule has 2 heterocycles. The zero-order valence-corrected chi connectivity index (χ0v) is 21.7. The number of hydrogen-bond donors (Lipinski definition) is 1. The SMILES string of the molecule is COc1cc(C2c3c(oc4ccc(Br)cc4c3=O)C(=O)N2c2ccc(Br)cc2)cc(Br)c1O. The summed E-state index contributed by atoms with van der Waals surface area (Å²) in [6, 6.07) is 14.8. The highest BCUT2D eigenvalue weighted by Crippen LogP contribution is 2.45. The van der Waals surface area contributed by atoms with E-state index in [1.54, 1.807) is 42.5 Å². The summed E-state index contributed by atoms with van der Waals surface area (Å²) in [6.45, 7) is 0. The zero-order chi connectivity index (χ0) is 23.4. The molecule has 1 amide bonds. The maximum atomic E-state index is 13.7. The average molecular weight is 636 g/mol. The Bertz CT molecular complexity index is 1500. The van der Waals surface area contributed by atoms with Crippen LogP contribution in [0.3, 0.4) is 0 Å². The van der Waals surface area contributed by atoms with Crippen molar-refractivity contribution in [2.24, 2.45) is 0 Å². The Kier molecular flexibility index (Phi) is 5.58. The molecular formula is C24H14Br3NO5. The van der Waals surface area contributed by atoms with Gasteiger partial charge in [0.1, 0.15) is 5.58 Å². The number of phenols is 1. The molecule has 3 aromatic carbocycles. The highest BCUT2D eigenvalue weighted by molar-refractivity contribution is 9.11. The Morgan fingerprint density at radius 1 is 0.970 bits per heavy atom. The van der Waals surface area contributed by atoms with Crippen LogP contribution < -0.4 is 15.1 Å². The Labute approximate surface area is 213 Å². The minimum Gasteiger partial charge on any atom is -0.503 e. The number of halogens is 3. The van der Waals surface area contributed by atoms with E-state index >= 15 is 0 Å². The Hall–Kier alpha value is -2.62. The van der Waals surface area contributed by atoms with E-state index in [1.807, 2.05) is 12.1 Å². The summed E-state index contributed by atoms with van der Waals surface area (Å²) in [6.07, 6.45) is 0. The fourth-order valence-corrected chi connectivity index (χ4v) is 5.12. The molecule has 1 N–H and O–H groups in total. The van der Waals surface area contributed by atoms with Crippen molar-refractivity contribution in [2.75, 3.05) is 12.0 Å². The summed E-state index contributed by atoms with van der Waals surface area (Å²) in [5, 5.41) is 10.7. The molecule has 1 aliphatic heterocycles. The Morgan fingerprint density at radius 3 is 2.36 bits per heavy atom. The lowest BCUT2D eigenvalue weighted by atomic mass is 9.97. The van der Waals surface area contributed by atoms with E-state index in [-0.39, 0.29) is 28.3 Å². The highest BCUT2D eigenvalue weighted by atomic mass is 79.9. The molecule has 0 aliphatic carbocycles. The number of amides is 1. The molecule has 9 heteroatoms. The molecule has 5 rings (SSSR count). The molecule has 1 unspecified atom stereocenters. The van der Waals surface area contributed by atoms with E-state index in [1.165, 1.54) is 12.0 Å². The van der Waals surface area contributed by atoms with Crippen LogP contribution in [0.5, 0.6) is 11.5 Å². The number of nitrogens with zero attached hydrogens (tertiary/aromatic N) is 1. The van der Waals surface area contributed by atoms with Crippen LogP contribution in [-0.4, -0.2) is 18.1 Å². The predicted octanol–water partition coefficient (Wildman–Crippen LogP) is 6.54. The summed E-state index contributed by atoms with van der Waals surface area (Å²) in [5.74, 6) is -0.298. The predicted molar refractivity (Wildman–Crippen MR) is 135 cm³/mol. The van der Waals surface area contributed by atoms with Crippen LogP contribution in [0.2, 0.25) is 0 Å². The second-order valence-corrected chi connectivity index (χ2v) is 10.1. The van der Waals surface area contributed by atoms with Gasteiger partial charge in [0.15, 0.2) is 16.9 Å². The van der Waals surface area contributed by atoms with Gasteiger partial charge in [0.25, 0.3) is 5.91 Å². The number of aromatic hydroxyl groups is 1. The third-order valence-electron chi connectivity index (χ3n) is 5.52. The van der Waals surface area contributed by atoms with E-state index < -0.39 is 11.9 Å². The number of ether oxygens (including phenoxy) is 1. The van der Waals surface area contributed by atoms with Crippen molar-refractivity contribution in [1.82, 2.24) is 0 Å². The summed E-state index contributed by atoms with van der Waals surface area (Å²) in [4.78, 5) is 28.8. The molecule has 1 atom stereocenters. The topological polar surface area (TPSA) is 80.0 Å². The molecule has 0 bridgehead atoms. The van der Waals surface area contributed by atoms with Crippen molar-refractivity contribution in [3.63, 3.8) is 0 Å². The molecule has 0 spiro atoms. The lowest BCUT2D eigenvalue weighted by Gasteiger charge is -2.26. The third-order valence-corrected chi connectivity index (χ3v) is 7.15. The van der Waals surface area contributed by atoms with Gasteiger partial charge in [0.05, 0.1) is 28.6 Å². The number of anilines is 1. The number of rotatable bonds is 3. The number of benzene rings is 3. The van der Waals surface area contributed by atoms with E-state index in [2.05, 4.69) is 47.8 Å². The van der Waals surface area contributed by atoms with Gasteiger partial charge in [-0.3, -0.25) is 14.5 Å². The molecule has 0 fully saturated rings. The van der Waals surface area contributed by atoms with Gasteiger partial charge in [-0.15, -0.1) is 0 Å². The minimum absolute atomic E-state index is 0.00842. The van der Waals surface area contributed by atoms with Crippen molar-refractivity contribution in [1.29, 1.82) is 0 Å². The van der Waals surface area contributed by atoms with Crippen molar-refractivity contribution in [2.45, 2.75) is 6.04 Å². The second-order valence-electron chi connectivity index (χ2n) is 7.42. The van der Waals surface area contributed by atoms with Crippen LogP contribution in [0.15, 0.2) is 77.2 Å². The minimum atomic E-state index is -0.792. The van der Waals surface area contributed by atoms with Crippen molar-refractivity contribution >= 4 is 70.4 Å².